The Morgan fingerprint density at radius 1 is 1.53 bits per heavy atom. The number of ether oxygens (including phenoxy) is 2. The molecule has 0 N–H and O–H groups in total. The Morgan fingerprint density at radius 3 is 2.63 bits per heavy atom. The van der Waals surface area contributed by atoms with Gasteiger partial charge in [-0.2, -0.15) is 0 Å². The standard InChI is InChI=1S/C10H8BrF3INO3/c1-2-18-9(17)6-3-5(4-11)16-8(7(6)15)19-10(12,13)14/h3H,2,4H2,1H3. The van der Waals surface area contributed by atoms with Crippen LogP contribution in [0, 0.1) is 3.57 Å². The zero-order valence-corrected chi connectivity index (χ0v) is 13.3. The average molecular weight is 454 g/mol. The predicted octanol–water partition coefficient (Wildman–Crippen LogP) is 3.66. The Balaban J connectivity index is 3.24. The van der Waals surface area contributed by atoms with Gasteiger partial charge in [0.1, 0.15) is 0 Å². The minimum atomic E-state index is -4.87. The Hall–Kier alpha value is -0.580. The van der Waals surface area contributed by atoms with E-state index in [9.17, 15) is 18.0 Å². The van der Waals surface area contributed by atoms with E-state index in [1.165, 1.54) is 6.07 Å². The first-order valence-corrected chi connectivity index (χ1v) is 7.16. The van der Waals surface area contributed by atoms with Gasteiger partial charge >= 0.3 is 12.3 Å². The van der Waals surface area contributed by atoms with Crippen LogP contribution in [0.4, 0.5) is 13.2 Å². The van der Waals surface area contributed by atoms with E-state index >= 15 is 0 Å². The summed E-state index contributed by atoms with van der Waals surface area (Å²) in [6.45, 7) is 1.72. The molecule has 1 rings (SSSR count). The molecule has 9 heteroatoms. The normalized spacial score (nSPS) is 11.3. The summed E-state index contributed by atoms with van der Waals surface area (Å²) in [4.78, 5) is 15.3. The van der Waals surface area contributed by atoms with Crippen molar-refractivity contribution >= 4 is 44.5 Å². The molecule has 0 bridgehead atoms. The van der Waals surface area contributed by atoms with E-state index in [0.717, 1.165) is 0 Å². The number of pyridine rings is 1. The monoisotopic (exact) mass is 453 g/mol. The van der Waals surface area contributed by atoms with E-state index in [0.29, 0.717) is 0 Å². The summed E-state index contributed by atoms with van der Waals surface area (Å²) < 4.78 is 45.3. The van der Waals surface area contributed by atoms with Gasteiger partial charge in [-0.05, 0) is 35.6 Å². The van der Waals surface area contributed by atoms with Crippen molar-refractivity contribution in [1.29, 1.82) is 0 Å². The molecule has 0 aliphatic rings. The Bertz CT molecular complexity index is 482. The van der Waals surface area contributed by atoms with Crippen LogP contribution in [0.3, 0.4) is 0 Å². The number of carbonyl (C=O) groups excluding carboxylic acids is 1. The first kappa shape index (κ1) is 16.5. The van der Waals surface area contributed by atoms with Crippen molar-refractivity contribution in [3.05, 3.63) is 20.9 Å². The van der Waals surface area contributed by atoms with Crippen LogP contribution in [0.15, 0.2) is 6.07 Å². The second-order valence-electron chi connectivity index (χ2n) is 3.18. The van der Waals surface area contributed by atoms with Crippen molar-refractivity contribution in [2.75, 3.05) is 6.61 Å². The third-order valence-corrected chi connectivity index (χ3v) is 3.44. The first-order chi connectivity index (χ1) is 8.78. The maximum atomic E-state index is 12.2. The molecule has 0 amide bonds. The second-order valence-corrected chi connectivity index (χ2v) is 4.82. The molecule has 0 aromatic carbocycles. The topological polar surface area (TPSA) is 48.4 Å². The van der Waals surface area contributed by atoms with Crippen molar-refractivity contribution in [2.45, 2.75) is 18.6 Å². The highest BCUT2D eigenvalue weighted by Crippen LogP contribution is 2.29. The molecule has 0 fully saturated rings. The van der Waals surface area contributed by atoms with Crippen LogP contribution in [0.25, 0.3) is 0 Å². The quantitative estimate of drug-likeness (QED) is 0.396. The number of nitrogens with zero attached hydrogens (tertiary/aromatic N) is 1. The first-order valence-electron chi connectivity index (χ1n) is 4.96. The lowest BCUT2D eigenvalue weighted by Gasteiger charge is -2.13. The van der Waals surface area contributed by atoms with Gasteiger partial charge in [0, 0.05) is 5.33 Å². The van der Waals surface area contributed by atoms with Crippen LogP contribution < -0.4 is 4.74 Å². The van der Waals surface area contributed by atoms with Gasteiger partial charge in [0.05, 0.1) is 21.4 Å². The summed E-state index contributed by atoms with van der Waals surface area (Å²) in [7, 11) is 0. The molecule has 106 valence electrons. The lowest BCUT2D eigenvalue weighted by Crippen LogP contribution is -2.20. The van der Waals surface area contributed by atoms with Crippen molar-refractivity contribution in [3.8, 4) is 5.88 Å². The number of esters is 1. The zero-order valence-electron chi connectivity index (χ0n) is 9.55. The number of carbonyl (C=O) groups is 1. The third-order valence-electron chi connectivity index (χ3n) is 1.82. The number of aromatic nitrogens is 1. The Kier molecular flexibility index (Phi) is 5.83. The zero-order chi connectivity index (χ0) is 14.6. The molecule has 0 unspecified atom stereocenters. The largest absolute Gasteiger partial charge is 0.574 e. The molecule has 0 aliphatic carbocycles. The minimum Gasteiger partial charge on any atom is -0.462 e. The lowest BCUT2D eigenvalue weighted by atomic mass is 10.2. The van der Waals surface area contributed by atoms with E-state index in [-0.39, 0.29) is 26.8 Å². The minimum absolute atomic E-state index is 0.00819. The SMILES string of the molecule is CCOC(=O)c1cc(CBr)nc(OC(F)(F)F)c1I. The number of halogens is 5. The molecule has 4 nitrogen and oxygen atoms in total. The van der Waals surface area contributed by atoms with Crippen LogP contribution >= 0.6 is 38.5 Å². The molecule has 0 spiro atoms. The molecule has 0 saturated heterocycles. The van der Waals surface area contributed by atoms with Crippen LogP contribution in [0.1, 0.15) is 23.0 Å². The summed E-state index contributed by atoms with van der Waals surface area (Å²) in [6.07, 6.45) is -4.87. The molecule has 1 aromatic rings. The molecule has 0 aliphatic heterocycles. The molecule has 0 atom stereocenters. The van der Waals surface area contributed by atoms with Crippen molar-refractivity contribution in [3.63, 3.8) is 0 Å². The molecular weight excluding hydrogens is 446 g/mol. The van der Waals surface area contributed by atoms with E-state index in [1.807, 2.05) is 0 Å². The smallest absolute Gasteiger partial charge is 0.462 e. The second kappa shape index (κ2) is 6.73. The highest BCUT2D eigenvalue weighted by Gasteiger charge is 2.34. The summed E-state index contributed by atoms with van der Waals surface area (Å²) in [5.74, 6) is -1.38. The summed E-state index contributed by atoms with van der Waals surface area (Å²) in [6, 6.07) is 1.36. The Morgan fingerprint density at radius 2 is 2.16 bits per heavy atom. The lowest BCUT2D eigenvalue weighted by molar-refractivity contribution is -0.276. The highest BCUT2D eigenvalue weighted by molar-refractivity contribution is 14.1. The molecule has 1 heterocycles. The molecule has 0 radical (unpaired) electrons. The highest BCUT2D eigenvalue weighted by atomic mass is 127. The van der Waals surface area contributed by atoms with E-state index < -0.39 is 18.2 Å². The van der Waals surface area contributed by atoms with Crippen LogP contribution in [0.5, 0.6) is 5.88 Å². The van der Waals surface area contributed by atoms with Gasteiger partial charge in [0.2, 0.25) is 5.88 Å². The molecule has 0 saturated carbocycles. The fourth-order valence-electron chi connectivity index (χ4n) is 1.16. The summed E-state index contributed by atoms with van der Waals surface area (Å²) in [5, 5.41) is 0.185. The molecule has 19 heavy (non-hydrogen) atoms. The van der Waals surface area contributed by atoms with Crippen LogP contribution in [-0.2, 0) is 10.1 Å². The molecule has 1 aromatic heterocycles. The van der Waals surface area contributed by atoms with Gasteiger partial charge in [0.15, 0.2) is 0 Å². The van der Waals surface area contributed by atoms with Gasteiger partial charge < -0.3 is 9.47 Å². The number of hydrogen-bond acceptors (Lipinski definition) is 4. The number of alkyl halides is 4. The van der Waals surface area contributed by atoms with Crippen LogP contribution in [0.2, 0.25) is 0 Å². The fourth-order valence-corrected chi connectivity index (χ4v) is 2.05. The number of rotatable bonds is 4. The maximum absolute atomic E-state index is 12.2. The number of hydrogen-bond donors (Lipinski definition) is 0. The van der Waals surface area contributed by atoms with Gasteiger partial charge in [-0.3, -0.25) is 0 Å². The van der Waals surface area contributed by atoms with Crippen molar-refractivity contribution < 1.29 is 27.4 Å². The summed E-state index contributed by atoms with van der Waals surface area (Å²) in [5.41, 5.74) is 0.230. The predicted molar refractivity (Wildman–Crippen MR) is 72.2 cm³/mol. The van der Waals surface area contributed by atoms with Gasteiger partial charge in [-0.25, -0.2) is 9.78 Å². The fraction of sp³-hybridized carbons (Fsp3) is 0.400. The third kappa shape index (κ3) is 4.79. The van der Waals surface area contributed by atoms with Gasteiger partial charge in [-0.15, -0.1) is 13.2 Å². The van der Waals surface area contributed by atoms with Gasteiger partial charge in [-0.1, -0.05) is 15.9 Å². The maximum Gasteiger partial charge on any atom is 0.574 e. The average Bonchev–Trinajstić information content (AvgIpc) is 2.30. The van der Waals surface area contributed by atoms with Gasteiger partial charge in [0.25, 0.3) is 0 Å². The van der Waals surface area contributed by atoms with E-state index in [2.05, 4.69) is 25.7 Å². The van der Waals surface area contributed by atoms with Crippen molar-refractivity contribution in [1.82, 2.24) is 4.98 Å². The van der Waals surface area contributed by atoms with E-state index in [1.54, 1.807) is 29.5 Å². The Labute approximate surface area is 128 Å². The summed E-state index contributed by atoms with van der Waals surface area (Å²) >= 11 is 4.63. The van der Waals surface area contributed by atoms with Crippen LogP contribution in [-0.4, -0.2) is 23.9 Å². The van der Waals surface area contributed by atoms with E-state index in [4.69, 9.17) is 4.74 Å². The van der Waals surface area contributed by atoms with Crippen molar-refractivity contribution in [2.24, 2.45) is 0 Å². The molecular formula is C10H8BrF3INO3.